The van der Waals surface area contributed by atoms with Gasteiger partial charge < -0.3 is 21.1 Å². The predicted molar refractivity (Wildman–Crippen MR) is 66.1 cm³/mol. The van der Waals surface area contributed by atoms with Crippen molar-refractivity contribution in [1.82, 2.24) is 16.0 Å². The van der Waals surface area contributed by atoms with Crippen molar-refractivity contribution in [3.05, 3.63) is 0 Å². The molecule has 0 aliphatic carbocycles. The fraction of sp³-hybridized carbons (Fsp3) is 0.727. The number of hydrogen-bond donors (Lipinski definition) is 4. The summed E-state index contributed by atoms with van der Waals surface area (Å²) in [6, 6.07) is -1.49. The molecule has 0 bridgehead atoms. The molecule has 0 radical (unpaired) electrons. The quantitative estimate of drug-likeness (QED) is 0.513. The Kier molecular flexibility index (Phi) is 7.50. The SMILES string of the molecule is CNC(=O)CCNC(=O)N[C@H](CC(C)C)C(=O)O. The molecule has 0 unspecified atom stereocenters. The molecule has 3 amide bonds. The molecule has 0 aromatic heterocycles. The maximum atomic E-state index is 11.4. The van der Waals surface area contributed by atoms with Gasteiger partial charge in [0.05, 0.1) is 0 Å². The molecule has 7 heteroatoms. The fourth-order valence-electron chi connectivity index (χ4n) is 1.32. The van der Waals surface area contributed by atoms with Crippen LogP contribution >= 0.6 is 0 Å². The highest BCUT2D eigenvalue weighted by Crippen LogP contribution is 2.04. The number of rotatable bonds is 7. The molecule has 0 rings (SSSR count). The third-order valence-electron chi connectivity index (χ3n) is 2.23. The molecule has 4 N–H and O–H groups in total. The Morgan fingerprint density at radius 2 is 1.83 bits per heavy atom. The van der Waals surface area contributed by atoms with Crippen LogP contribution in [0, 0.1) is 5.92 Å². The molecule has 0 heterocycles. The van der Waals surface area contributed by atoms with Gasteiger partial charge in [0.15, 0.2) is 0 Å². The van der Waals surface area contributed by atoms with Gasteiger partial charge in [-0.1, -0.05) is 13.8 Å². The van der Waals surface area contributed by atoms with Gasteiger partial charge in [0, 0.05) is 20.0 Å². The van der Waals surface area contributed by atoms with E-state index in [0.29, 0.717) is 6.42 Å². The molecule has 0 saturated carbocycles. The summed E-state index contributed by atoms with van der Waals surface area (Å²) in [5, 5.41) is 16.1. The van der Waals surface area contributed by atoms with Gasteiger partial charge in [-0.3, -0.25) is 4.79 Å². The van der Waals surface area contributed by atoms with Crippen LogP contribution in [0.25, 0.3) is 0 Å². The van der Waals surface area contributed by atoms with Gasteiger partial charge >= 0.3 is 12.0 Å². The van der Waals surface area contributed by atoms with Crippen LogP contribution in [0.1, 0.15) is 26.7 Å². The second kappa shape index (κ2) is 8.32. The van der Waals surface area contributed by atoms with Crippen LogP contribution in [-0.4, -0.2) is 42.6 Å². The molecule has 18 heavy (non-hydrogen) atoms. The van der Waals surface area contributed by atoms with Crippen LogP contribution in [0.15, 0.2) is 0 Å². The number of nitrogens with one attached hydrogen (secondary N) is 3. The van der Waals surface area contributed by atoms with Crippen LogP contribution < -0.4 is 16.0 Å². The van der Waals surface area contributed by atoms with Crippen LogP contribution in [0.5, 0.6) is 0 Å². The van der Waals surface area contributed by atoms with E-state index in [-0.39, 0.29) is 24.8 Å². The van der Waals surface area contributed by atoms with Gasteiger partial charge in [-0.05, 0) is 12.3 Å². The lowest BCUT2D eigenvalue weighted by molar-refractivity contribution is -0.139. The molecule has 0 aromatic rings. The maximum Gasteiger partial charge on any atom is 0.326 e. The number of carboxylic acid groups (broad SMARTS) is 1. The molecule has 0 spiro atoms. The number of carboxylic acids is 1. The molecule has 1 atom stereocenters. The zero-order chi connectivity index (χ0) is 14.1. The van der Waals surface area contributed by atoms with Gasteiger partial charge in [-0.15, -0.1) is 0 Å². The van der Waals surface area contributed by atoms with Gasteiger partial charge in [0.25, 0.3) is 0 Å². The van der Waals surface area contributed by atoms with Crippen LogP contribution in [0.4, 0.5) is 4.79 Å². The van der Waals surface area contributed by atoms with Crippen molar-refractivity contribution in [3.63, 3.8) is 0 Å². The predicted octanol–water partition coefficient (Wildman–Crippen LogP) is -0.0790. The van der Waals surface area contributed by atoms with Gasteiger partial charge in [-0.25, -0.2) is 9.59 Å². The molecule has 0 aromatic carbocycles. The highest BCUT2D eigenvalue weighted by atomic mass is 16.4. The Hall–Kier alpha value is -1.79. The first-order valence-electron chi connectivity index (χ1n) is 5.84. The van der Waals surface area contributed by atoms with Crippen molar-refractivity contribution in [2.45, 2.75) is 32.7 Å². The molecule has 0 aliphatic heterocycles. The smallest absolute Gasteiger partial charge is 0.326 e. The van der Waals surface area contributed by atoms with E-state index in [0.717, 1.165) is 0 Å². The minimum Gasteiger partial charge on any atom is -0.480 e. The summed E-state index contributed by atoms with van der Waals surface area (Å²) in [5.41, 5.74) is 0. The minimum atomic E-state index is -1.06. The van der Waals surface area contributed by atoms with E-state index in [4.69, 9.17) is 5.11 Å². The van der Waals surface area contributed by atoms with Crippen molar-refractivity contribution < 1.29 is 19.5 Å². The standard InChI is InChI=1S/C11H21N3O4/c1-7(2)6-8(10(16)17)14-11(18)13-5-4-9(15)12-3/h7-8H,4-6H2,1-3H3,(H,12,15)(H,16,17)(H2,13,14,18)/t8-/m1/s1. The fourth-order valence-corrected chi connectivity index (χ4v) is 1.32. The summed E-state index contributed by atoms with van der Waals surface area (Å²) in [4.78, 5) is 33.2. The molecule has 0 fully saturated rings. The van der Waals surface area contributed by atoms with Crippen LogP contribution in [0.2, 0.25) is 0 Å². The molecule has 0 saturated heterocycles. The van der Waals surface area contributed by atoms with Crippen molar-refractivity contribution in [3.8, 4) is 0 Å². The topological polar surface area (TPSA) is 108 Å². The highest BCUT2D eigenvalue weighted by Gasteiger charge is 2.20. The summed E-state index contributed by atoms with van der Waals surface area (Å²) < 4.78 is 0. The van der Waals surface area contributed by atoms with E-state index in [2.05, 4.69) is 16.0 Å². The first kappa shape index (κ1) is 16.2. The van der Waals surface area contributed by atoms with E-state index in [9.17, 15) is 14.4 Å². The number of urea groups is 1. The summed E-state index contributed by atoms with van der Waals surface area (Å²) in [5.74, 6) is -1.09. The van der Waals surface area contributed by atoms with Crippen molar-refractivity contribution in [2.24, 2.45) is 5.92 Å². The Balaban J connectivity index is 4.03. The molecule has 0 aliphatic rings. The lowest BCUT2D eigenvalue weighted by Crippen LogP contribution is -2.47. The lowest BCUT2D eigenvalue weighted by Gasteiger charge is -2.16. The highest BCUT2D eigenvalue weighted by molar-refractivity contribution is 5.83. The summed E-state index contributed by atoms with van der Waals surface area (Å²) in [6.45, 7) is 3.92. The van der Waals surface area contributed by atoms with Gasteiger partial charge in [0.2, 0.25) is 5.91 Å². The molecular formula is C11H21N3O4. The van der Waals surface area contributed by atoms with Crippen LogP contribution in [-0.2, 0) is 9.59 Å². The molecule has 7 nitrogen and oxygen atoms in total. The minimum absolute atomic E-state index is 0.159. The zero-order valence-corrected chi connectivity index (χ0v) is 10.9. The number of carbonyl (C=O) groups is 3. The monoisotopic (exact) mass is 259 g/mol. The van der Waals surface area contributed by atoms with Gasteiger partial charge in [-0.2, -0.15) is 0 Å². The normalized spacial score (nSPS) is 11.8. The van der Waals surface area contributed by atoms with Crippen molar-refractivity contribution >= 4 is 17.9 Å². The number of hydrogen-bond acceptors (Lipinski definition) is 3. The Morgan fingerprint density at radius 1 is 1.22 bits per heavy atom. The summed E-state index contributed by atoms with van der Waals surface area (Å²) in [7, 11) is 1.51. The van der Waals surface area contributed by atoms with E-state index in [1.165, 1.54) is 7.05 Å². The number of amides is 3. The first-order valence-corrected chi connectivity index (χ1v) is 5.84. The van der Waals surface area contributed by atoms with E-state index in [1.54, 1.807) is 0 Å². The lowest BCUT2D eigenvalue weighted by atomic mass is 10.0. The average molecular weight is 259 g/mol. The second-order valence-corrected chi connectivity index (χ2v) is 4.34. The van der Waals surface area contributed by atoms with Crippen molar-refractivity contribution in [2.75, 3.05) is 13.6 Å². The van der Waals surface area contributed by atoms with E-state index < -0.39 is 18.0 Å². The maximum absolute atomic E-state index is 11.4. The third kappa shape index (κ3) is 7.48. The Morgan fingerprint density at radius 3 is 2.28 bits per heavy atom. The second-order valence-electron chi connectivity index (χ2n) is 4.34. The molecule has 104 valence electrons. The summed E-state index contributed by atoms with van der Waals surface area (Å²) in [6.07, 6.45) is 0.518. The number of aliphatic carboxylic acids is 1. The number of carbonyl (C=O) groups excluding carboxylic acids is 2. The Bertz CT molecular complexity index is 305. The van der Waals surface area contributed by atoms with Crippen molar-refractivity contribution in [1.29, 1.82) is 0 Å². The van der Waals surface area contributed by atoms with Gasteiger partial charge in [0.1, 0.15) is 6.04 Å². The molecular weight excluding hydrogens is 238 g/mol. The third-order valence-corrected chi connectivity index (χ3v) is 2.23. The largest absolute Gasteiger partial charge is 0.480 e. The first-order chi connectivity index (χ1) is 8.36. The zero-order valence-electron chi connectivity index (χ0n) is 10.9. The average Bonchev–Trinajstić information content (AvgIpc) is 2.27. The summed E-state index contributed by atoms with van der Waals surface area (Å²) >= 11 is 0. The van der Waals surface area contributed by atoms with Crippen LogP contribution in [0.3, 0.4) is 0 Å². The van der Waals surface area contributed by atoms with E-state index in [1.807, 2.05) is 13.8 Å². The Labute approximate surface area is 106 Å². The van der Waals surface area contributed by atoms with E-state index >= 15 is 0 Å².